The van der Waals surface area contributed by atoms with Crippen molar-refractivity contribution in [3.8, 4) is 17.6 Å². The molecular formula is C15H22N2O2. The number of nitriles is 1. The molecule has 0 saturated carbocycles. The van der Waals surface area contributed by atoms with Crippen LogP contribution in [0.15, 0.2) is 18.2 Å². The molecule has 0 aromatic heterocycles. The van der Waals surface area contributed by atoms with Crippen LogP contribution >= 0.6 is 0 Å². The Morgan fingerprint density at radius 2 is 2.05 bits per heavy atom. The lowest BCUT2D eigenvalue weighted by molar-refractivity contribution is 0.269. The summed E-state index contributed by atoms with van der Waals surface area (Å²) in [4.78, 5) is 0. The average molecular weight is 262 g/mol. The van der Waals surface area contributed by atoms with Gasteiger partial charge < -0.3 is 15.2 Å². The molecule has 0 unspecified atom stereocenters. The zero-order valence-electron chi connectivity index (χ0n) is 11.9. The first-order valence-electron chi connectivity index (χ1n) is 6.43. The Balaban J connectivity index is 2.52. The summed E-state index contributed by atoms with van der Waals surface area (Å²) in [6, 6.07) is 7.97. The molecule has 0 heterocycles. The predicted octanol–water partition coefficient (Wildman–Crippen LogP) is 2.86. The molecule has 104 valence electrons. The average Bonchev–Trinajstić information content (AvgIpc) is 2.43. The minimum absolute atomic E-state index is 0.295. The maximum Gasteiger partial charge on any atom is 0.161 e. The Kier molecular flexibility index (Phi) is 5.65. The molecule has 2 N–H and O–H groups in total. The summed E-state index contributed by atoms with van der Waals surface area (Å²) in [6.45, 7) is 4.92. The van der Waals surface area contributed by atoms with E-state index >= 15 is 0 Å². The van der Waals surface area contributed by atoms with Crippen molar-refractivity contribution >= 4 is 0 Å². The summed E-state index contributed by atoms with van der Waals surface area (Å²) < 4.78 is 11.0. The van der Waals surface area contributed by atoms with Crippen molar-refractivity contribution in [1.29, 1.82) is 5.26 Å². The molecule has 4 nitrogen and oxygen atoms in total. The molecule has 1 rings (SSSR count). The zero-order valence-corrected chi connectivity index (χ0v) is 11.9. The second-order valence-corrected chi connectivity index (χ2v) is 5.14. The fourth-order valence-electron chi connectivity index (χ4n) is 1.71. The molecule has 0 fully saturated rings. The molecule has 0 aliphatic rings. The number of ether oxygens (including phenoxy) is 2. The van der Waals surface area contributed by atoms with Gasteiger partial charge in [-0.25, -0.2) is 0 Å². The van der Waals surface area contributed by atoms with Gasteiger partial charge in [-0.3, -0.25) is 0 Å². The van der Waals surface area contributed by atoms with Crippen LogP contribution in [0, 0.1) is 16.7 Å². The lowest BCUT2D eigenvalue weighted by Gasteiger charge is -2.16. The number of hydrogen-bond acceptors (Lipinski definition) is 4. The second kappa shape index (κ2) is 7.01. The zero-order chi connectivity index (χ0) is 14.3. The van der Waals surface area contributed by atoms with Crippen LogP contribution in [0.2, 0.25) is 0 Å². The minimum atomic E-state index is -0.295. The monoisotopic (exact) mass is 262 g/mol. The third-order valence-corrected chi connectivity index (χ3v) is 2.97. The van der Waals surface area contributed by atoms with E-state index in [1.165, 1.54) is 0 Å². The highest BCUT2D eigenvalue weighted by atomic mass is 16.5. The van der Waals surface area contributed by atoms with Crippen molar-refractivity contribution in [2.24, 2.45) is 11.1 Å². The summed E-state index contributed by atoms with van der Waals surface area (Å²) in [7, 11) is 1.61. The van der Waals surface area contributed by atoms with Gasteiger partial charge in [0.05, 0.1) is 25.2 Å². The molecule has 0 aliphatic carbocycles. The Hall–Kier alpha value is -1.73. The summed E-state index contributed by atoms with van der Waals surface area (Å²) >= 11 is 0. The van der Waals surface area contributed by atoms with Crippen molar-refractivity contribution in [2.45, 2.75) is 33.2 Å². The predicted molar refractivity (Wildman–Crippen MR) is 75.0 cm³/mol. The second-order valence-electron chi connectivity index (χ2n) is 5.14. The van der Waals surface area contributed by atoms with Gasteiger partial charge in [-0.15, -0.1) is 0 Å². The van der Waals surface area contributed by atoms with Crippen molar-refractivity contribution in [1.82, 2.24) is 0 Å². The van der Waals surface area contributed by atoms with E-state index in [1.54, 1.807) is 7.11 Å². The Labute approximate surface area is 115 Å². The van der Waals surface area contributed by atoms with Crippen molar-refractivity contribution in [3.05, 3.63) is 23.8 Å². The normalized spacial score (nSPS) is 10.9. The van der Waals surface area contributed by atoms with Crippen LogP contribution in [0.4, 0.5) is 0 Å². The van der Waals surface area contributed by atoms with Crippen LogP contribution in [0.3, 0.4) is 0 Å². The summed E-state index contributed by atoms with van der Waals surface area (Å²) in [5, 5.41) is 8.93. The number of hydrogen-bond donors (Lipinski definition) is 1. The molecule has 0 aliphatic heterocycles. The number of rotatable bonds is 7. The summed E-state index contributed by atoms with van der Waals surface area (Å²) in [5.74, 6) is 1.41. The highest BCUT2D eigenvalue weighted by molar-refractivity contribution is 5.42. The molecule has 0 radical (unpaired) electrons. The lowest BCUT2D eigenvalue weighted by atomic mass is 9.90. The fourth-order valence-corrected chi connectivity index (χ4v) is 1.71. The maximum absolute atomic E-state index is 8.93. The first-order chi connectivity index (χ1) is 9.02. The van der Waals surface area contributed by atoms with E-state index in [-0.39, 0.29) is 5.41 Å². The number of benzene rings is 1. The van der Waals surface area contributed by atoms with Crippen LogP contribution in [-0.2, 0) is 6.54 Å². The number of methoxy groups -OCH3 is 1. The van der Waals surface area contributed by atoms with Crippen molar-refractivity contribution < 1.29 is 9.47 Å². The highest BCUT2D eigenvalue weighted by Crippen LogP contribution is 2.28. The maximum atomic E-state index is 8.93. The van der Waals surface area contributed by atoms with Gasteiger partial charge in [-0.1, -0.05) is 6.07 Å². The van der Waals surface area contributed by atoms with Crippen LogP contribution in [0.1, 0.15) is 32.3 Å². The van der Waals surface area contributed by atoms with Gasteiger partial charge >= 0.3 is 0 Å². The quantitative estimate of drug-likeness (QED) is 0.767. The Morgan fingerprint density at radius 3 is 2.63 bits per heavy atom. The van der Waals surface area contributed by atoms with Gasteiger partial charge in [0.15, 0.2) is 11.5 Å². The van der Waals surface area contributed by atoms with E-state index in [4.69, 9.17) is 20.5 Å². The van der Waals surface area contributed by atoms with Gasteiger partial charge in [0.1, 0.15) is 0 Å². The lowest BCUT2D eigenvalue weighted by Crippen LogP contribution is -2.10. The largest absolute Gasteiger partial charge is 0.493 e. The fraction of sp³-hybridized carbons (Fsp3) is 0.533. The van der Waals surface area contributed by atoms with Crippen molar-refractivity contribution in [3.63, 3.8) is 0 Å². The summed E-state index contributed by atoms with van der Waals surface area (Å²) in [5.41, 5.74) is 6.30. The minimum Gasteiger partial charge on any atom is -0.493 e. The van der Waals surface area contributed by atoms with Gasteiger partial charge in [0.2, 0.25) is 0 Å². The smallest absolute Gasteiger partial charge is 0.161 e. The van der Waals surface area contributed by atoms with Gasteiger partial charge in [-0.05, 0) is 44.4 Å². The van der Waals surface area contributed by atoms with Crippen LogP contribution in [0.5, 0.6) is 11.5 Å². The Bertz CT molecular complexity index is 450. The molecule has 19 heavy (non-hydrogen) atoms. The van der Waals surface area contributed by atoms with Crippen molar-refractivity contribution in [2.75, 3.05) is 13.7 Å². The van der Waals surface area contributed by atoms with E-state index in [1.807, 2.05) is 32.0 Å². The number of nitrogens with zero attached hydrogens (tertiary/aromatic N) is 1. The van der Waals surface area contributed by atoms with E-state index in [0.717, 1.165) is 24.2 Å². The van der Waals surface area contributed by atoms with Crippen LogP contribution < -0.4 is 15.2 Å². The summed E-state index contributed by atoms with van der Waals surface area (Å²) in [6.07, 6.45) is 1.65. The van der Waals surface area contributed by atoms with Crippen LogP contribution in [0.25, 0.3) is 0 Å². The Morgan fingerprint density at radius 1 is 1.32 bits per heavy atom. The first-order valence-corrected chi connectivity index (χ1v) is 6.43. The molecule has 0 saturated heterocycles. The van der Waals surface area contributed by atoms with Gasteiger partial charge in [0, 0.05) is 6.54 Å². The van der Waals surface area contributed by atoms with E-state index in [0.29, 0.717) is 18.9 Å². The van der Waals surface area contributed by atoms with Gasteiger partial charge in [-0.2, -0.15) is 5.26 Å². The highest BCUT2D eigenvalue weighted by Gasteiger charge is 2.16. The van der Waals surface area contributed by atoms with Crippen LogP contribution in [-0.4, -0.2) is 13.7 Å². The SMILES string of the molecule is COc1cc(CN)ccc1OCCCC(C)(C)C#N. The van der Waals surface area contributed by atoms with E-state index < -0.39 is 0 Å². The van der Waals surface area contributed by atoms with E-state index in [9.17, 15) is 0 Å². The first kappa shape index (κ1) is 15.3. The molecule has 0 atom stereocenters. The topological polar surface area (TPSA) is 68.3 Å². The third-order valence-electron chi connectivity index (χ3n) is 2.97. The third kappa shape index (κ3) is 4.80. The molecular weight excluding hydrogens is 240 g/mol. The molecule has 4 heteroatoms. The number of nitrogens with two attached hydrogens (primary N) is 1. The van der Waals surface area contributed by atoms with E-state index in [2.05, 4.69) is 6.07 Å². The molecule has 0 spiro atoms. The molecule has 0 bridgehead atoms. The molecule has 0 amide bonds. The standard InChI is InChI=1S/C15H22N2O2/c1-15(2,11-17)7-4-8-19-13-6-5-12(10-16)9-14(13)18-3/h5-6,9H,4,7-8,10,16H2,1-3H3. The molecule has 1 aromatic carbocycles. The molecule has 1 aromatic rings. The van der Waals surface area contributed by atoms with Gasteiger partial charge in [0.25, 0.3) is 0 Å².